The van der Waals surface area contributed by atoms with E-state index in [1.807, 2.05) is 13.0 Å². The minimum absolute atomic E-state index is 0.0367. The summed E-state index contributed by atoms with van der Waals surface area (Å²) in [6.07, 6.45) is 1.31. The smallest absolute Gasteiger partial charge is 0.264 e. The number of nitrogens with zero attached hydrogens (tertiary/aromatic N) is 4. The van der Waals surface area contributed by atoms with Crippen LogP contribution in [-0.2, 0) is 21.2 Å². The fourth-order valence-corrected chi connectivity index (χ4v) is 3.85. The molecule has 1 N–H and O–H groups in total. The number of carbonyl (C=O) groups excluding carboxylic acids is 1. The first-order valence-electron chi connectivity index (χ1n) is 7.49. The quantitative estimate of drug-likeness (QED) is 0.654. The zero-order chi connectivity index (χ0) is 18.7. The van der Waals surface area contributed by atoms with E-state index in [4.69, 9.17) is 0 Å². The molecule has 2 aromatic carbocycles. The Bertz CT molecular complexity index is 1050. The molecule has 3 aromatic rings. The molecule has 0 atom stereocenters. The van der Waals surface area contributed by atoms with E-state index in [1.165, 1.54) is 23.1 Å². The fourth-order valence-electron chi connectivity index (χ4n) is 2.35. The van der Waals surface area contributed by atoms with Crippen LogP contribution in [0.4, 0.5) is 0 Å². The lowest BCUT2D eigenvalue weighted by molar-refractivity contribution is -0.118. The predicted molar refractivity (Wildman–Crippen MR) is 97.1 cm³/mol. The molecule has 0 fully saturated rings. The van der Waals surface area contributed by atoms with Gasteiger partial charge in [0.2, 0.25) is 5.91 Å². The molecule has 1 heterocycles. The van der Waals surface area contributed by atoms with Crippen LogP contribution in [0.5, 0.6) is 0 Å². The van der Waals surface area contributed by atoms with Crippen LogP contribution in [0.2, 0.25) is 0 Å². The van der Waals surface area contributed by atoms with E-state index in [9.17, 15) is 13.2 Å². The summed E-state index contributed by atoms with van der Waals surface area (Å²) in [4.78, 5) is 12.2. The number of sulfonamides is 1. The second kappa shape index (κ2) is 7.34. The monoisotopic (exact) mass is 435 g/mol. The molecule has 1 amide bonds. The summed E-state index contributed by atoms with van der Waals surface area (Å²) < 4.78 is 29.3. The van der Waals surface area contributed by atoms with E-state index in [1.54, 1.807) is 24.3 Å². The van der Waals surface area contributed by atoms with Gasteiger partial charge in [-0.1, -0.05) is 28.1 Å². The van der Waals surface area contributed by atoms with Crippen LogP contribution in [0.15, 0.2) is 58.2 Å². The van der Waals surface area contributed by atoms with Gasteiger partial charge in [0.25, 0.3) is 10.0 Å². The first kappa shape index (κ1) is 18.2. The van der Waals surface area contributed by atoms with Gasteiger partial charge in [-0.15, -0.1) is 5.10 Å². The summed E-state index contributed by atoms with van der Waals surface area (Å²) in [6, 6.07) is 11.4. The number of amides is 1. The summed E-state index contributed by atoms with van der Waals surface area (Å²) in [5.41, 5.74) is 2.12. The molecular weight excluding hydrogens is 422 g/mol. The Balaban J connectivity index is 1.78. The summed E-state index contributed by atoms with van der Waals surface area (Å²) >= 11 is 3.35. The Kier molecular flexibility index (Phi) is 5.14. The molecule has 0 saturated carbocycles. The van der Waals surface area contributed by atoms with Crippen molar-refractivity contribution in [3.63, 3.8) is 0 Å². The molecule has 1 aromatic heterocycles. The highest BCUT2D eigenvalue weighted by atomic mass is 79.9. The third kappa shape index (κ3) is 4.14. The Hall–Kier alpha value is -2.59. The van der Waals surface area contributed by atoms with Crippen molar-refractivity contribution in [3.05, 3.63) is 64.4 Å². The van der Waals surface area contributed by atoms with Crippen LogP contribution in [0.3, 0.4) is 0 Å². The van der Waals surface area contributed by atoms with E-state index in [-0.39, 0.29) is 11.3 Å². The predicted octanol–water partition coefficient (Wildman–Crippen LogP) is 1.78. The first-order chi connectivity index (χ1) is 12.3. The number of carbonyl (C=O) groups is 1. The Morgan fingerprint density at radius 1 is 1.23 bits per heavy atom. The van der Waals surface area contributed by atoms with Crippen LogP contribution >= 0.6 is 15.9 Å². The molecule has 0 spiro atoms. The van der Waals surface area contributed by atoms with Crippen molar-refractivity contribution in [2.75, 3.05) is 0 Å². The van der Waals surface area contributed by atoms with Crippen LogP contribution in [0.1, 0.15) is 11.1 Å². The van der Waals surface area contributed by atoms with Crippen molar-refractivity contribution in [2.45, 2.75) is 18.2 Å². The van der Waals surface area contributed by atoms with Crippen LogP contribution in [0.25, 0.3) is 5.69 Å². The van der Waals surface area contributed by atoms with E-state index in [0.29, 0.717) is 5.69 Å². The van der Waals surface area contributed by atoms with Crippen LogP contribution in [0, 0.1) is 6.92 Å². The average molecular weight is 436 g/mol. The van der Waals surface area contributed by atoms with Crippen molar-refractivity contribution in [1.82, 2.24) is 24.9 Å². The van der Waals surface area contributed by atoms with Gasteiger partial charge in [-0.25, -0.2) is 17.8 Å². The van der Waals surface area contributed by atoms with E-state index in [0.717, 1.165) is 15.6 Å². The normalized spacial score (nSPS) is 11.3. The third-order valence-corrected chi connectivity index (χ3v) is 5.51. The Labute approximate surface area is 158 Å². The minimum atomic E-state index is -4.00. The topological polar surface area (TPSA) is 107 Å². The van der Waals surface area contributed by atoms with Crippen molar-refractivity contribution in [3.8, 4) is 5.69 Å². The highest BCUT2D eigenvalue weighted by molar-refractivity contribution is 9.10. The van der Waals surface area contributed by atoms with Gasteiger partial charge >= 0.3 is 0 Å². The van der Waals surface area contributed by atoms with Crippen molar-refractivity contribution < 1.29 is 13.2 Å². The molecule has 0 aliphatic carbocycles. The highest BCUT2D eigenvalue weighted by Gasteiger charge is 2.19. The molecule has 10 heteroatoms. The molecule has 0 aliphatic rings. The number of nitrogens with one attached hydrogen (secondary N) is 1. The number of aryl methyl sites for hydroxylation is 1. The van der Waals surface area contributed by atoms with E-state index >= 15 is 0 Å². The largest absolute Gasteiger partial charge is 0.274 e. The van der Waals surface area contributed by atoms with Crippen molar-refractivity contribution in [2.24, 2.45) is 0 Å². The van der Waals surface area contributed by atoms with Gasteiger partial charge in [0.1, 0.15) is 6.33 Å². The number of hydrogen-bond donors (Lipinski definition) is 1. The van der Waals surface area contributed by atoms with Gasteiger partial charge in [-0.2, -0.15) is 0 Å². The number of tetrazole rings is 1. The molecule has 0 radical (unpaired) electrons. The molecule has 134 valence electrons. The number of rotatable bonds is 5. The zero-order valence-electron chi connectivity index (χ0n) is 13.6. The lowest BCUT2D eigenvalue weighted by atomic mass is 10.1. The lowest BCUT2D eigenvalue weighted by Crippen LogP contribution is -2.32. The third-order valence-electron chi connectivity index (χ3n) is 3.65. The van der Waals surface area contributed by atoms with Crippen LogP contribution < -0.4 is 4.72 Å². The number of aromatic nitrogens is 4. The number of hydrogen-bond acceptors (Lipinski definition) is 6. The van der Waals surface area contributed by atoms with Crippen LogP contribution in [-0.4, -0.2) is 34.5 Å². The molecule has 3 rings (SSSR count). The van der Waals surface area contributed by atoms with Crippen molar-refractivity contribution >= 4 is 31.9 Å². The van der Waals surface area contributed by atoms with Gasteiger partial charge in [-0.05, 0) is 58.8 Å². The standard InChI is InChI=1S/C16H14BrN5O3S/c1-11-7-13(17)6-5-12(11)8-16(23)19-26(24,25)15-4-2-3-14(9-15)22-10-18-20-21-22/h2-7,9-10H,8H2,1H3,(H,19,23). The molecule has 0 unspecified atom stereocenters. The molecule has 0 aliphatic heterocycles. The molecule has 26 heavy (non-hydrogen) atoms. The molecule has 8 nitrogen and oxygen atoms in total. The van der Waals surface area contributed by atoms with Gasteiger partial charge in [0, 0.05) is 4.47 Å². The lowest BCUT2D eigenvalue weighted by Gasteiger charge is -2.10. The first-order valence-corrected chi connectivity index (χ1v) is 9.77. The Morgan fingerprint density at radius 3 is 2.73 bits per heavy atom. The average Bonchev–Trinajstić information content (AvgIpc) is 3.12. The Morgan fingerprint density at radius 2 is 2.04 bits per heavy atom. The summed E-state index contributed by atoms with van der Waals surface area (Å²) in [5.74, 6) is -0.608. The maximum atomic E-state index is 12.5. The summed E-state index contributed by atoms with van der Waals surface area (Å²) in [7, 11) is -4.00. The molecule has 0 bridgehead atoms. The highest BCUT2D eigenvalue weighted by Crippen LogP contribution is 2.17. The molecular formula is C16H14BrN5O3S. The second-order valence-corrected chi connectivity index (χ2v) is 8.13. The zero-order valence-corrected chi connectivity index (χ0v) is 16.0. The maximum Gasteiger partial charge on any atom is 0.264 e. The van der Waals surface area contributed by atoms with E-state index in [2.05, 4.69) is 36.2 Å². The summed E-state index contributed by atoms with van der Waals surface area (Å²) in [5, 5.41) is 10.7. The number of halogens is 1. The number of benzene rings is 2. The van der Waals surface area contributed by atoms with Crippen molar-refractivity contribution in [1.29, 1.82) is 0 Å². The van der Waals surface area contributed by atoms with E-state index < -0.39 is 15.9 Å². The minimum Gasteiger partial charge on any atom is -0.274 e. The second-order valence-electron chi connectivity index (χ2n) is 5.53. The summed E-state index contributed by atoms with van der Waals surface area (Å²) in [6.45, 7) is 1.86. The maximum absolute atomic E-state index is 12.5. The molecule has 0 saturated heterocycles. The van der Waals surface area contributed by atoms with Gasteiger partial charge in [0.15, 0.2) is 0 Å². The van der Waals surface area contributed by atoms with Gasteiger partial charge in [0.05, 0.1) is 17.0 Å². The van der Waals surface area contributed by atoms with Gasteiger partial charge in [-0.3, -0.25) is 4.79 Å². The SMILES string of the molecule is Cc1cc(Br)ccc1CC(=O)NS(=O)(=O)c1cccc(-n2cnnn2)c1. The fraction of sp³-hybridized carbons (Fsp3) is 0.125. The van der Waals surface area contributed by atoms with Gasteiger partial charge < -0.3 is 0 Å².